The molecule has 3 N–H and O–H groups in total. The van der Waals surface area contributed by atoms with E-state index in [1.807, 2.05) is 12.1 Å². The molecule has 0 unspecified atom stereocenters. The molecule has 1 heterocycles. The van der Waals surface area contributed by atoms with Crippen LogP contribution in [0.4, 0.5) is 18.9 Å². The largest absolute Gasteiger partial charge is 0.352 e. The lowest BCUT2D eigenvalue weighted by Crippen LogP contribution is -2.41. The van der Waals surface area contributed by atoms with Crippen LogP contribution in [-0.4, -0.2) is 43.4 Å². The van der Waals surface area contributed by atoms with Gasteiger partial charge in [0.25, 0.3) is 0 Å². The number of nitrogens with one attached hydrogen (secondary N) is 3. The van der Waals surface area contributed by atoms with Gasteiger partial charge in [-0.2, -0.15) is 0 Å². The first-order valence-corrected chi connectivity index (χ1v) is 10.1. The fourth-order valence-electron chi connectivity index (χ4n) is 3.35. The molecule has 1 amide bonds. The number of likely N-dealkylation sites (tertiary alicyclic amines) is 1. The van der Waals surface area contributed by atoms with Gasteiger partial charge in [0.05, 0.1) is 12.2 Å². The fraction of sp³-hybridized carbons (Fsp3) is 0.364. The summed E-state index contributed by atoms with van der Waals surface area (Å²) in [7, 11) is 1.56. The first-order valence-electron chi connectivity index (χ1n) is 10.1. The van der Waals surface area contributed by atoms with Gasteiger partial charge in [-0.15, -0.1) is 0 Å². The average Bonchev–Trinajstić information content (AvgIpc) is 3.28. The highest BCUT2D eigenvalue weighted by Crippen LogP contribution is 2.19. The Labute approximate surface area is 179 Å². The van der Waals surface area contributed by atoms with Gasteiger partial charge in [-0.1, -0.05) is 24.3 Å². The monoisotopic (exact) mass is 433 g/mol. The molecule has 2 aromatic rings. The predicted octanol–water partition coefficient (Wildman–Crippen LogP) is 3.00. The molecule has 0 radical (unpaired) electrons. The van der Waals surface area contributed by atoms with E-state index in [4.69, 9.17) is 0 Å². The molecule has 1 aliphatic heterocycles. The van der Waals surface area contributed by atoms with Crippen LogP contribution in [0.1, 0.15) is 24.0 Å². The summed E-state index contributed by atoms with van der Waals surface area (Å²) in [6.07, 6.45) is 2.53. The number of aliphatic imine (C=N–C) groups is 1. The second-order valence-electron chi connectivity index (χ2n) is 7.35. The van der Waals surface area contributed by atoms with Crippen molar-refractivity contribution in [3.63, 3.8) is 0 Å². The van der Waals surface area contributed by atoms with Crippen LogP contribution in [-0.2, 0) is 17.9 Å². The van der Waals surface area contributed by atoms with Crippen molar-refractivity contribution in [3.05, 3.63) is 65.0 Å². The van der Waals surface area contributed by atoms with Gasteiger partial charge in [0.2, 0.25) is 5.91 Å². The van der Waals surface area contributed by atoms with Crippen LogP contribution >= 0.6 is 0 Å². The number of guanidine groups is 1. The third-order valence-corrected chi connectivity index (χ3v) is 5.04. The number of carbonyl (C=O) groups excluding carboxylic acids is 1. The Hall–Kier alpha value is -3.07. The van der Waals surface area contributed by atoms with Crippen LogP contribution in [0.5, 0.6) is 0 Å². The lowest BCUT2D eigenvalue weighted by molar-refractivity contribution is -0.115. The Morgan fingerprint density at radius 2 is 1.65 bits per heavy atom. The highest BCUT2D eigenvalue weighted by molar-refractivity contribution is 5.95. The Bertz CT molecular complexity index is 927. The minimum atomic E-state index is -1.63. The van der Waals surface area contributed by atoms with Gasteiger partial charge in [-0.3, -0.25) is 14.7 Å². The van der Waals surface area contributed by atoms with Gasteiger partial charge in [-0.05, 0) is 49.2 Å². The van der Waals surface area contributed by atoms with Gasteiger partial charge in [0, 0.05) is 20.1 Å². The summed E-state index contributed by atoms with van der Waals surface area (Å²) in [4.78, 5) is 18.5. The molecule has 2 aromatic carbocycles. The first-order chi connectivity index (χ1) is 15.0. The lowest BCUT2D eigenvalue weighted by Gasteiger charge is -2.15. The Balaban J connectivity index is 1.44. The zero-order valence-corrected chi connectivity index (χ0v) is 17.4. The lowest BCUT2D eigenvalue weighted by atomic mass is 10.1. The Morgan fingerprint density at radius 3 is 2.32 bits per heavy atom. The molecule has 9 heteroatoms. The van der Waals surface area contributed by atoms with Crippen LogP contribution in [0.3, 0.4) is 0 Å². The van der Waals surface area contributed by atoms with Crippen molar-refractivity contribution >= 4 is 17.6 Å². The van der Waals surface area contributed by atoms with Crippen molar-refractivity contribution in [1.82, 2.24) is 15.5 Å². The van der Waals surface area contributed by atoms with Crippen LogP contribution in [0.2, 0.25) is 0 Å². The minimum Gasteiger partial charge on any atom is -0.352 e. The highest BCUT2D eigenvalue weighted by Gasteiger charge is 2.15. The molecule has 1 saturated heterocycles. The van der Waals surface area contributed by atoms with Crippen LogP contribution in [0.25, 0.3) is 0 Å². The van der Waals surface area contributed by atoms with E-state index in [1.165, 1.54) is 18.4 Å². The van der Waals surface area contributed by atoms with Crippen molar-refractivity contribution in [2.45, 2.75) is 25.9 Å². The molecule has 3 rings (SSSR count). The number of benzene rings is 2. The topological polar surface area (TPSA) is 68.8 Å². The van der Waals surface area contributed by atoms with Crippen molar-refractivity contribution in [2.24, 2.45) is 4.99 Å². The number of hydrogen-bond acceptors (Lipinski definition) is 3. The number of carbonyl (C=O) groups is 1. The van der Waals surface area contributed by atoms with Crippen LogP contribution < -0.4 is 16.0 Å². The quantitative estimate of drug-likeness (QED) is 0.357. The number of amides is 1. The van der Waals surface area contributed by atoms with E-state index in [0.717, 1.165) is 37.3 Å². The number of halogens is 3. The molecule has 1 fully saturated rings. The SMILES string of the molecule is CN=C(NCC(=O)Nc1ccc(F)c(F)c1F)NCc1ccc(CN2CCCC2)cc1. The Morgan fingerprint density at radius 1 is 0.968 bits per heavy atom. The molecular weight excluding hydrogens is 407 g/mol. The van der Waals surface area contributed by atoms with E-state index >= 15 is 0 Å². The van der Waals surface area contributed by atoms with E-state index < -0.39 is 29.0 Å². The normalized spacial score (nSPS) is 14.5. The average molecular weight is 433 g/mol. The van der Waals surface area contributed by atoms with Crippen molar-refractivity contribution < 1.29 is 18.0 Å². The Kier molecular flexibility index (Phi) is 7.88. The smallest absolute Gasteiger partial charge is 0.243 e. The zero-order valence-electron chi connectivity index (χ0n) is 17.4. The summed E-state index contributed by atoms with van der Waals surface area (Å²) in [5.41, 5.74) is 1.90. The van der Waals surface area contributed by atoms with Gasteiger partial charge in [0.15, 0.2) is 23.4 Å². The van der Waals surface area contributed by atoms with E-state index in [2.05, 4.69) is 38.0 Å². The summed E-state index contributed by atoms with van der Waals surface area (Å²) >= 11 is 0. The minimum absolute atomic E-state index is 0.229. The maximum Gasteiger partial charge on any atom is 0.243 e. The molecule has 0 atom stereocenters. The van der Waals surface area contributed by atoms with Gasteiger partial charge in [0.1, 0.15) is 0 Å². The molecule has 0 aliphatic carbocycles. The first kappa shape index (κ1) is 22.6. The fourth-order valence-corrected chi connectivity index (χ4v) is 3.35. The summed E-state index contributed by atoms with van der Waals surface area (Å²) in [6, 6.07) is 10.0. The van der Waals surface area contributed by atoms with E-state index in [0.29, 0.717) is 12.5 Å². The van der Waals surface area contributed by atoms with E-state index in [-0.39, 0.29) is 6.54 Å². The third kappa shape index (κ3) is 6.45. The highest BCUT2D eigenvalue weighted by atomic mass is 19.2. The van der Waals surface area contributed by atoms with Gasteiger partial charge < -0.3 is 16.0 Å². The number of nitrogens with zero attached hydrogens (tertiary/aromatic N) is 2. The zero-order chi connectivity index (χ0) is 22.2. The summed E-state index contributed by atoms with van der Waals surface area (Å²) < 4.78 is 39.9. The molecule has 6 nitrogen and oxygen atoms in total. The number of hydrogen-bond donors (Lipinski definition) is 3. The summed E-state index contributed by atoms with van der Waals surface area (Å²) in [5, 5.41) is 8.08. The van der Waals surface area contributed by atoms with E-state index in [1.54, 1.807) is 7.05 Å². The molecule has 0 aromatic heterocycles. The maximum atomic E-state index is 13.6. The second kappa shape index (κ2) is 10.8. The molecular formula is C22H26F3N5O. The third-order valence-electron chi connectivity index (χ3n) is 5.04. The second-order valence-corrected chi connectivity index (χ2v) is 7.35. The molecule has 0 spiro atoms. The standard InChI is InChI=1S/C22H26F3N5O/c1-26-22(28-13-19(31)29-18-9-8-17(23)20(24)21(18)25)27-12-15-4-6-16(7-5-15)14-30-10-2-3-11-30/h4-9H,2-3,10-14H2,1H3,(H,29,31)(H2,26,27,28). The maximum absolute atomic E-state index is 13.6. The molecule has 0 saturated carbocycles. The summed E-state index contributed by atoms with van der Waals surface area (Å²) in [5.74, 6) is -4.64. The van der Waals surface area contributed by atoms with Crippen molar-refractivity contribution in [3.8, 4) is 0 Å². The number of rotatable bonds is 7. The van der Waals surface area contributed by atoms with Gasteiger partial charge in [-0.25, -0.2) is 13.2 Å². The van der Waals surface area contributed by atoms with Crippen molar-refractivity contribution in [1.29, 1.82) is 0 Å². The predicted molar refractivity (Wildman–Crippen MR) is 114 cm³/mol. The van der Waals surface area contributed by atoms with Crippen LogP contribution in [0, 0.1) is 17.5 Å². The van der Waals surface area contributed by atoms with Crippen LogP contribution in [0.15, 0.2) is 41.4 Å². The number of anilines is 1. The van der Waals surface area contributed by atoms with E-state index in [9.17, 15) is 18.0 Å². The summed E-state index contributed by atoms with van der Waals surface area (Å²) in [6.45, 7) is 3.55. The van der Waals surface area contributed by atoms with Gasteiger partial charge >= 0.3 is 0 Å². The molecule has 1 aliphatic rings. The molecule has 166 valence electrons. The van der Waals surface area contributed by atoms with Crippen molar-refractivity contribution in [2.75, 3.05) is 32.0 Å². The molecule has 0 bridgehead atoms. The molecule has 31 heavy (non-hydrogen) atoms.